The smallest absolute Gasteiger partial charge is 0.416 e. The zero-order chi connectivity index (χ0) is 22.2. The first-order valence-corrected chi connectivity index (χ1v) is 9.84. The van der Waals surface area contributed by atoms with E-state index in [-0.39, 0.29) is 5.52 Å². The molecule has 0 bridgehead atoms. The number of hydrogen-bond acceptors (Lipinski definition) is 6. The van der Waals surface area contributed by atoms with Crippen LogP contribution >= 0.6 is 0 Å². The van der Waals surface area contributed by atoms with Crippen molar-refractivity contribution in [3.63, 3.8) is 0 Å². The van der Waals surface area contributed by atoms with Crippen LogP contribution in [0.5, 0.6) is 11.5 Å². The highest BCUT2D eigenvalue weighted by atomic mass is 19.4. The minimum absolute atomic E-state index is 0.192. The lowest BCUT2D eigenvalue weighted by Crippen LogP contribution is -2.44. The number of nitrogens with zero attached hydrogens (tertiary/aromatic N) is 4. The van der Waals surface area contributed by atoms with Gasteiger partial charge in [0, 0.05) is 31.7 Å². The summed E-state index contributed by atoms with van der Waals surface area (Å²) in [6.07, 6.45) is -2.95. The summed E-state index contributed by atoms with van der Waals surface area (Å²) in [6.45, 7) is 3.33. The maximum Gasteiger partial charge on any atom is 0.416 e. The van der Waals surface area contributed by atoms with Gasteiger partial charge in [-0.3, -0.25) is 4.98 Å². The highest BCUT2D eigenvalue weighted by molar-refractivity contribution is 5.93. The van der Waals surface area contributed by atoms with Crippen LogP contribution in [0.1, 0.15) is 5.56 Å². The van der Waals surface area contributed by atoms with Gasteiger partial charge >= 0.3 is 6.18 Å². The van der Waals surface area contributed by atoms with Crippen LogP contribution in [-0.2, 0) is 6.18 Å². The van der Waals surface area contributed by atoms with Gasteiger partial charge in [0.2, 0.25) is 0 Å². The Bertz CT molecular complexity index is 1100. The number of aromatic nitrogens is 2. The molecule has 0 aliphatic carbocycles. The molecule has 9 heteroatoms. The SMILES string of the molecule is COc1ccc(-c2cc(C(F)(F)F)cc3ncc(N4CCN(C)CC4)nc23)cc1OC. The minimum Gasteiger partial charge on any atom is -0.493 e. The van der Waals surface area contributed by atoms with Crippen molar-refractivity contribution in [2.24, 2.45) is 0 Å². The number of fused-ring (bicyclic) bond motifs is 1. The average Bonchev–Trinajstić information content (AvgIpc) is 2.77. The molecule has 31 heavy (non-hydrogen) atoms. The summed E-state index contributed by atoms with van der Waals surface area (Å²) < 4.78 is 51.3. The average molecular weight is 432 g/mol. The maximum absolute atomic E-state index is 13.6. The molecule has 0 unspecified atom stereocenters. The Morgan fingerprint density at radius 1 is 0.935 bits per heavy atom. The number of halogens is 3. The number of piperazine rings is 1. The molecule has 0 saturated carbocycles. The van der Waals surface area contributed by atoms with E-state index in [0.717, 1.165) is 38.3 Å². The predicted octanol–water partition coefficient (Wildman–Crippen LogP) is 4.08. The van der Waals surface area contributed by atoms with Gasteiger partial charge in [-0.15, -0.1) is 0 Å². The van der Waals surface area contributed by atoms with Crippen molar-refractivity contribution in [1.82, 2.24) is 14.9 Å². The summed E-state index contributed by atoms with van der Waals surface area (Å²) in [4.78, 5) is 13.4. The first-order valence-electron chi connectivity index (χ1n) is 9.84. The summed E-state index contributed by atoms with van der Waals surface area (Å²) in [5.74, 6) is 1.57. The molecule has 0 amide bonds. The molecule has 0 radical (unpaired) electrons. The molecule has 4 rings (SSSR count). The fourth-order valence-corrected chi connectivity index (χ4v) is 3.68. The number of benzene rings is 2. The molecule has 0 atom stereocenters. The quantitative estimate of drug-likeness (QED) is 0.619. The van der Waals surface area contributed by atoms with E-state index in [4.69, 9.17) is 14.5 Å². The van der Waals surface area contributed by atoms with Crippen LogP contribution in [0.15, 0.2) is 36.5 Å². The third-order valence-electron chi connectivity index (χ3n) is 5.48. The van der Waals surface area contributed by atoms with E-state index in [1.54, 1.807) is 24.4 Å². The van der Waals surface area contributed by atoms with Crippen LogP contribution in [0.25, 0.3) is 22.2 Å². The van der Waals surface area contributed by atoms with Gasteiger partial charge in [-0.2, -0.15) is 13.2 Å². The normalized spacial score (nSPS) is 15.4. The molecule has 0 spiro atoms. The topological polar surface area (TPSA) is 50.7 Å². The van der Waals surface area contributed by atoms with Gasteiger partial charge in [-0.05, 0) is 36.9 Å². The molecule has 1 fully saturated rings. The van der Waals surface area contributed by atoms with Crippen molar-refractivity contribution in [3.8, 4) is 22.6 Å². The molecule has 1 aliphatic heterocycles. The lowest BCUT2D eigenvalue weighted by Gasteiger charge is -2.33. The number of methoxy groups -OCH3 is 2. The molecule has 6 nitrogen and oxygen atoms in total. The van der Waals surface area contributed by atoms with Crippen molar-refractivity contribution in [3.05, 3.63) is 42.1 Å². The minimum atomic E-state index is -4.50. The van der Waals surface area contributed by atoms with Crippen LogP contribution in [-0.4, -0.2) is 62.3 Å². The lowest BCUT2D eigenvalue weighted by atomic mass is 10.00. The van der Waals surface area contributed by atoms with E-state index in [0.29, 0.717) is 34.0 Å². The molecular formula is C22H23F3N4O2. The van der Waals surface area contributed by atoms with Gasteiger partial charge in [0.1, 0.15) is 5.82 Å². The second kappa shape index (κ2) is 8.22. The molecule has 1 saturated heterocycles. The highest BCUT2D eigenvalue weighted by Crippen LogP contribution is 2.39. The van der Waals surface area contributed by atoms with Crippen LogP contribution in [0.2, 0.25) is 0 Å². The molecule has 2 heterocycles. The number of alkyl halides is 3. The first kappa shape index (κ1) is 21.2. The molecule has 164 valence electrons. The Kier molecular flexibility index (Phi) is 5.62. The van der Waals surface area contributed by atoms with Crippen molar-refractivity contribution in [2.45, 2.75) is 6.18 Å². The maximum atomic E-state index is 13.6. The molecule has 3 aromatic rings. The van der Waals surface area contributed by atoms with E-state index in [9.17, 15) is 13.2 Å². The van der Waals surface area contributed by atoms with Crippen molar-refractivity contribution in [1.29, 1.82) is 0 Å². The summed E-state index contributed by atoms with van der Waals surface area (Å²) in [6, 6.07) is 7.17. The summed E-state index contributed by atoms with van der Waals surface area (Å²) in [7, 11) is 5.04. The van der Waals surface area contributed by atoms with E-state index in [2.05, 4.69) is 21.8 Å². The Morgan fingerprint density at radius 3 is 2.29 bits per heavy atom. The first-order chi connectivity index (χ1) is 14.8. The van der Waals surface area contributed by atoms with E-state index in [1.807, 2.05) is 0 Å². The second-order valence-electron chi connectivity index (χ2n) is 7.48. The van der Waals surface area contributed by atoms with E-state index >= 15 is 0 Å². The Morgan fingerprint density at radius 2 is 1.65 bits per heavy atom. The molecular weight excluding hydrogens is 409 g/mol. The Hall–Kier alpha value is -3.07. The van der Waals surface area contributed by atoms with Gasteiger partial charge in [-0.1, -0.05) is 6.07 Å². The third-order valence-corrected chi connectivity index (χ3v) is 5.48. The van der Waals surface area contributed by atoms with Crippen molar-refractivity contribution in [2.75, 3.05) is 52.3 Å². The second-order valence-corrected chi connectivity index (χ2v) is 7.48. The highest BCUT2D eigenvalue weighted by Gasteiger charge is 2.32. The fourth-order valence-electron chi connectivity index (χ4n) is 3.68. The monoisotopic (exact) mass is 432 g/mol. The van der Waals surface area contributed by atoms with E-state index < -0.39 is 11.7 Å². The van der Waals surface area contributed by atoms with Crippen molar-refractivity contribution < 1.29 is 22.6 Å². The third kappa shape index (κ3) is 4.23. The van der Waals surface area contributed by atoms with Crippen LogP contribution in [0.3, 0.4) is 0 Å². The van der Waals surface area contributed by atoms with Crippen LogP contribution in [0.4, 0.5) is 19.0 Å². The van der Waals surface area contributed by atoms with Crippen LogP contribution in [0, 0.1) is 0 Å². The summed E-state index contributed by atoms with van der Waals surface area (Å²) in [5, 5.41) is 0. The lowest BCUT2D eigenvalue weighted by molar-refractivity contribution is -0.137. The number of hydrogen-bond donors (Lipinski definition) is 0. The number of rotatable bonds is 4. The number of likely N-dealkylation sites (N-methyl/N-ethyl adjacent to an activating group) is 1. The van der Waals surface area contributed by atoms with Crippen LogP contribution < -0.4 is 14.4 Å². The molecule has 1 aromatic heterocycles. The Balaban J connectivity index is 1.89. The summed E-state index contributed by atoms with van der Waals surface area (Å²) >= 11 is 0. The molecule has 1 aliphatic rings. The number of ether oxygens (including phenoxy) is 2. The Labute approximate surface area is 178 Å². The van der Waals surface area contributed by atoms with Gasteiger partial charge in [0.15, 0.2) is 11.5 Å². The zero-order valence-electron chi connectivity index (χ0n) is 17.5. The fraction of sp³-hybridized carbons (Fsp3) is 0.364. The predicted molar refractivity (Wildman–Crippen MR) is 113 cm³/mol. The molecule has 2 aromatic carbocycles. The zero-order valence-corrected chi connectivity index (χ0v) is 17.5. The van der Waals surface area contributed by atoms with Gasteiger partial charge in [0.25, 0.3) is 0 Å². The largest absolute Gasteiger partial charge is 0.493 e. The van der Waals surface area contributed by atoms with Gasteiger partial charge in [-0.25, -0.2) is 4.98 Å². The number of anilines is 1. The van der Waals surface area contributed by atoms with Gasteiger partial charge < -0.3 is 19.3 Å². The standard InChI is InChI=1S/C22H23F3N4O2/c1-28-6-8-29(9-7-28)20-13-26-17-12-15(22(23,24)25)11-16(21(17)27-20)14-4-5-18(30-2)19(10-14)31-3/h4-5,10-13H,6-9H2,1-3H3. The van der Waals surface area contributed by atoms with Crippen molar-refractivity contribution >= 4 is 16.9 Å². The molecule has 0 N–H and O–H groups in total. The summed E-state index contributed by atoms with van der Waals surface area (Å²) in [5.41, 5.74) is 0.716. The van der Waals surface area contributed by atoms with Gasteiger partial charge in [0.05, 0.1) is 37.0 Å². The van der Waals surface area contributed by atoms with E-state index in [1.165, 1.54) is 14.2 Å².